The molecular formula is C29H37N5O. The van der Waals surface area contributed by atoms with Crippen LogP contribution < -0.4 is 5.32 Å². The summed E-state index contributed by atoms with van der Waals surface area (Å²) in [6.07, 6.45) is 15.5. The van der Waals surface area contributed by atoms with Crippen molar-refractivity contribution in [2.24, 2.45) is 0 Å². The van der Waals surface area contributed by atoms with Gasteiger partial charge in [0.05, 0.1) is 0 Å². The Kier molecular flexibility index (Phi) is 11.1. The summed E-state index contributed by atoms with van der Waals surface area (Å²) in [4.78, 5) is 27.1. The number of hydrogen-bond acceptors (Lipinski definition) is 5. The molecule has 0 radical (unpaired) electrons. The Labute approximate surface area is 209 Å². The standard InChI is InChI=1S/C29H37N5O/c1-24(2)34(21-16-28-31-19-7-20-32-28)23-27-12-10-25(11-13-27)8-4-3-5-18-33-29(35)15-14-26-9-6-17-30-22-26/h6-7,9-15,17,19-20,22,24H,3-5,8,16,18,21,23H2,1-2H3,(H,33,35)/b15-14+. The second kappa shape index (κ2) is 14.8. The number of nitrogens with zero attached hydrogens (tertiary/aromatic N) is 4. The summed E-state index contributed by atoms with van der Waals surface area (Å²) in [5, 5.41) is 2.95. The number of nitrogens with one attached hydrogen (secondary N) is 1. The molecular weight excluding hydrogens is 434 g/mol. The molecule has 0 spiro atoms. The fourth-order valence-corrected chi connectivity index (χ4v) is 3.82. The normalized spacial score (nSPS) is 11.4. The van der Waals surface area contributed by atoms with E-state index in [4.69, 9.17) is 0 Å². The molecule has 35 heavy (non-hydrogen) atoms. The Bertz CT molecular complexity index is 1020. The molecule has 3 rings (SSSR count). The van der Waals surface area contributed by atoms with Gasteiger partial charge in [-0.25, -0.2) is 9.97 Å². The van der Waals surface area contributed by atoms with Crippen molar-refractivity contribution in [3.63, 3.8) is 0 Å². The van der Waals surface area contributed by atoms with Crippen LogP contribution in [0.25, 0.3) is 6.08 Å². The van der Waals surface area contributed by atoms with Crippen LogP contribution in [0.3, 0.4) is 0 Å². The average Bonchev–Trinajstić information content (AvgIpc) is 2.89. The van der Waals surface area contributed by atoms with Gasteiger partial charge in [0.15, 0.2) is 0 Å². The minimum absolute atomic E-state index is 0.0591. The zero-order chi connectivity index (χ0) is 24.7. The third-order valence-electron chi connectivity index (χ3n) is 5.93. The molecule has 0 unspecified atom stereocenters. The van der Waals surface area contributed by atoms with Gasteiger partial charge in [0, 0.05) is 63.0 Å². The number of amides is 1. The lowest BCUT2D eigenvalue weighted by Gasteiger charge is -2.26. The first-order valence-electron chi connectivity index (χ1n) is 12.5. The number of hydrogen-bond donors (Lipinski definition) is 1. The first-order chi connectivity index (χ1) is 17.1. The van der Waals surface area contributed by atoms with Gasteiger partial charge >= 0.3 is 0 Å². The van der Waals surface area contributed by atoms with Crippen molar-refractivity contribution >= 4 is 12.0 Å². The molecule has 1 N–H and O–H groups in total. The van der Waals surface area contributed by atoms with E-state index in [9.17, 15) is 4.79 Å². The molecule has 0 fully saturated rings. The summed E-state index contributed by atoms with van der Waals surface area (Å²) in [6, 6.07) is 15.1. The van der Waals surface area contributed by atoms with Crippen LogP contribution >= 0.6 is 0 Å². The number of pyridine rings is 1. The predicted octanol–water partition coefficient (Wildman–Crippen LogP) is 4.87. The molecule has 0 aliphatic heterocycles. The number of unbranched alkanes of at least 4 members (excludes halogenated alkanes) is 2. The summed E-state index contributed by atoms with van der Waals surface area (Å²) in [6.45, 7) is 7.05. The molecule has 2 heterocycles. The number of benzene rings is 1. The zero-order valence-electron chi connectivity index (χ0n) is 20.9. The Balaban J connectivity index is 1.31. The molecule has 3 aromatic rings. The Hall–Kier alpha value is -3.38. The molecule has 0 aliphatic rings. The Morgan fingerprint density at radius 1 is 0.943 bits per heavy atom. The lowest BCUT2D eigenvalue weighted by atomic mass is 10.0. The van der Waals surface area contributed by atoms with Crippen molar-refractivity contribution in [3.05, 3.63) is 95.8 Å². The highest BCUT2D eigenvalue weighted by molar-refractivity contribution is 5.91. The lowest BCUT2D eigenvalue weighted by molar-refractivity contribution is -0.116. The number of rotatable bonds is 14. The van der Waals surface area contributed by atoms with E-state index in [2.05, 4.69) is 63.3 Å². The van der Waals surface area contributed by atoms with Crippen LogP contribution in [-0.4, -0.2) is 44.9 Å². The summed E-state index contributed by atoms with van der Waals surface area (Å²) >= 11 is 0. The topological polar surface area (TPSA) is 71.0 Å². The van der Waals surface area contributed by atoms with E-state index >= 15 is 0 Å². The minimum Gasteiger partial charge on any atom is -0.353 e. The first-order valence-corrected chi connectivity index (χ1v) is 12.5. The van der Waals surface area contributed by atoms with E-state index in [0.29, 0.717) is 12.6 Å². The van der Waals surface area contributed by atoms with Gasteiger partial charge in [-0.3, -0.25) is 14.7 Å². The lowest BCUT2D eigenvalue weighted by Crippen LogP contribution is -2.32. The maximum Gasteiger partial charge on any atom is 0.243 e. The van der Waals surface area contributed by atoms with Crippen LogP contribution in [0.5, 0.6) is 0 Å². The molecule has 1 aromatic carbocycles. The number of carbonyl (C=O) groups is 1. The molecule has 6 heteroatoms. The van der Waals surface area contributed by atoms with Crippen LogP contribution in [0, 0.1) is 0 Å². The molecule has 0 aliphatic carbocycles. The molecule has 2 aromatic heterocycles. The average molecular weight is 472 g/mol. The highest BCUT2D eigenvalue weighted by atomic mass is 16.1. The van der Waals surface area contributed by atoms with E-state index in [1.807, 2.05) is 18.2 Å². The van der Waals surface area contributed by atoms with Crippen molar-refractivity contribution in [1.82, 2.24) is 25.2 Å². The van der Waals surface area contributed by atoms with Crippen LogP contribution in [0.1, 0.15) is 55.6 Å². The van der Waals surface area contributed by atoms with E-state index in [1.165, 1.54) is 11.1 Å². The highest BCUT2D eigenvalue weighted by Crippen LogP contribution is 2.13. The van der Waals surface area contributed by atoms with Gasteiger partial charge < -0.3 is 5.32 Å². The van der Waals surface area contributed by atoms with Gasteiger partial charge in [0.25, 0.3) is 0 Å². The summed E-state index contributed by atoms with van der Waals surface area (Å²) in [5.41, 5.74) is 3.62. The van der Waals surface area contributed by atoms with Gasteiger partial charge in [0.1, 0.15) is 5.82 Å². The molecule has 0 atom stereocenters. The maximum absolute atomic E-state index is 11.9. The Morgan fingerprint density at radius 2 is 1.71 bits per heavy atom. The van der Waals surface area contributed by atoms with Crippen LogP contribution in [-0.2, 0) is 24.2 Å². The van der Waals surface area contributed by atoms with Crippen LogP contribution in [0.15, 0.2) is 73.3 Å². The van der Waals surface area contributed by atoms with Crippen molar-refractivity contribution in [2.45, 2.75) is 58.5 Å². The second-order valence-electron chi connectivity index (χ2n) is 9.02. The van der Waals surface area contributed by atoms with Crippen molar-refractivity contribution in [3.8, 4) is 0 Å². The van der Waals surface area contributed by atoms with Gasteiger partial charge in [0.2, 0.25) is 5.91 Å². The second-order valence-corrected chi connectivity index (χ2v) is 9.02. The van der Waals surface area contributed by atoms with E-state index < -0.39 is 0 Å². The summed E-state index contributed by atoms with van der Waals surface area (Å²) in [5.74, 6) is 0.838. The summed E-state index contributed by atoms with van der Waals surface area (Å²) in [7, 11) is 0. The van der Waals surface area contributed by atoms with Crippen LogP contribution in [0.2, 0.25) is 0 Å². The minimum atomic E-state index is -0.0591. The van der Waals surface area contributed by atoms with Gasteiger partial charge in [-0.05, 0) is 68.0 Å². The first kappa shape index (κ1) is 26.2. The van der Waals surface area contributed by atoms with E-state index in [0.717, 1.165) is 56.6 Å². The molecule has 1 amide bonds. The van der Waals surface area contributed by atoms with Crippen molar-refractivity contribution in [1.29, 1.82) is 0 Å². The monoisotopic (exact) mass is 471 g/mol. The zero-order valence-corrected chi connectivity index (χ0v) is 20.9. The molecule has 0 saturated heterocycles. The number of aromatic nitrogens is 3. The van der Waals surface area contributed by atoms with Crippen LogP contribution in [0.4, 0.5) is 0 Å². The van der Waals surface area contributed by atoms with Gasteiger partial charge in [-0.2, -0.15) is 0 Å². The van der Waals surface area contributed by atoms with Gasteiger partial charge in [-0.15, -0.1) is 0 Å². The van der Waals surface area contributed by atoms with Crippen molar-refractivity contribution in [2.75, 3.05) is 13.1 Å². The van der Waals surface area contributed by atoms with Crippen molar-refractivity contribution < 1.29 is 4.79 Å². The number of carbonyl (C=O) groups excluding carboxylic acids is 1. The molecule has 0 bridgehead atoms. The fraction of sp³-hybridized carbons (Fsp3) is 0.379. The highest BCUT2D eigenvalue weighted by Gasteiger charge is 2.11. The molecule has 6 nitrogen and oxygen atoms in total. The number of aryl methyl sites for hydroxylation is 1. The molecule has 0 saturated carbocycles. The van der Waals surface area contributed by atoms with E-state index in [1.54, 1.807) is 36.9 Å². The largest absolute Gasteiger partial charge is 0.353 e. The maximum atomic E-state index is 11.9. The quantitative estimate of drug-likeness (QED) is 0.268. The predicted molar refractivity (Wildman–Crippen MR) is 142 cm³/mol. The summed E-state index contributed by atoms with van der Waals surface area (Å²) < 4.78 is 0. The Morgan fingerprint density at radius 3 is 2.43 bits per heavy atom. The van der Waals surface area contributed by atoms with E-state index in [-0.39, 0.29) is 5.91 Å². The van der Waals surface area contributed by atoms with Gasteiger partial charge in [-0.1, -0.05) is 36.8 Å². The third-order valence-corrected chi connectivity index (χ3v) is 5.93. The fourth-order valence-electron chi connectivity index (χ4n) is 3.82. The SMILES string of the molecule is CC(C)N(CCc1ncccn1)Cc1ccc(CCCCCNC(=O)/C=C/c2cccnc2)cc1. The molecule has 184 valence electrons. The third kappa shape index (κ3) is 10.2. The smallest absolute Gasteiger partial charge is 0.243 e.